The maximum atomic E-state index is 13.0. The smallest absolute Gasteiger partial charge is 0.416 e. The van der Waals surface area contributed by atoms with Gasteiger partial charge in [0.25, 0.3) is 5.91 Å². The maximum Gasteiger partial charge on any atom is 0.416 e. The summed E-state index contributed by atoms with van der Waals surface area (Å²) < 4.78 is 43.7. The van der Waals surface area contributed by atoms with Gasteiger partial charge in [-0.2, -0.15) is 13.2 Å². The van der Waals surface area contributed by atoms with E-state index in [1.54, 1.807) is 45.0 Å². The van der Waals surface area contributed by atoms with E-state index in [9.17, 15) is 27.6 Å². The van der Waals surface area contributed by atoms with Crippen molar-refractivity contribution in [2.45, 2.75) is 58.9 Å². The molecular formula is C27H30F3N3O4. The van der Waals surface area contributed by atoms with Gasteiger partial charge < -0.3 is 15.4 Å². The quantitative estimate of drug-likeness (QED) is 0.418. The molecule has 198 valence electrons. The van der Waals surface area contributed by atoms with Crippen LogP contribution in [0.15, 0.2) is 59.8 Å². The van der Waals surface area contributed by atoms with Crippen LogP contribution < -0.4 is 10.6 Å². The normalized spacial score (nSPS) is 16.1. The number of esters is 1. The minimum absolute atomic E-state index is 0.0704. The Morgan fingerprint density at radius 2 is 1.70 bits per heavy atom. The number of nitrogens with zero attached hydrogens (tertiary/aromatic N) is 1. The van der Waals surface area contributed by atoms with Crippen molar-refractivity contribution in [3.05, 3.63) is 76.5 Å². The molecule has 10 heteroatoms. The summed E-state index contributed by atoms with van der Waals surface area (Å²) >= 11 is 0. The largest absolute Gasteiger partial charge is 0.459 e. The van der Waals surface area contributed by atoms with Crippen LogP contribution in [0.3, 0.4) is 0 Å². The molecule has 37 heavy (non-hydrogen) atoms. The van der Waals surface area contributed by atoms with E-state index in [2.05, 4.69) is 10.6 Å². The highest BCUT2D eigenvalue weighted by Gasteiger charge is 2.36. The molecule has 1 atom stereocenters. The van der Waals surface area contributed by atoms with Gasteiger partial charge in [0, 0.05) is 23.5 Å². The lowest BCUT2D eigenvalue weighted by atomic mass is 9.94. The highest BCUT2D eigenvalue weighted by atomic mass is 19.4. The van der Waals surface area contributed by atoms with Crippen LogP contribution in [0.4, 0.5) is 23.7 Å². The van der Waals surface area contributed by atoms with E-state index in [0.717, 1.165) is 37.1 Å². The number of hydrogen-bond acceptors (Lipinski definition) is 4. The minimum atomic E-state index is -4.49. The second-order valence-electron chi connectivity index (χ2n) is 8.99. The van der Waals surface area contributed by atoms with Gasteiger partial charge in [-0.1, -0.05) is 25.5 Å². The summed E-state index contributed by atoms with van der Waals surface area (Å²) in [7, 11) is 0. The zero-order valence-electron chi connectivity index (χ0n) is 21.1. The van der Waals surface area contributed by atoms with Gasteiger partial charge in [-0.3, -0.25) is 9.69 Å². The van der Waals surface area contributed by atoms with Crippen molar-refractivity contribution in [3.63, 3.8) is 0 Å². The number of nitrogens with one attached hydrogen (secondary N) is 2. The van der Waals surface area contributed by atoms with E-state index in [4.69, 9.17) is 4.74 Å². The van der Waals surface area contributed by atoms with Crippen molar-refractivity contribution in [3.8, 4) is 0 Å². The molecule has 7 nitrogen and oxygen atoms in total. The zero-order valence-corrected chi connectivity index (χ0v) is 21.1. The Kier molecular flexibility index (Phi) is 8.62. The van der Waals surface area contributed by atoms with Crippen LogP contribution in [-0.4, -0.2) is 35.5 Å². The predicted molar refractivity (Wildman–Crippen MR) is 133 cm³/mol. The van der Waals surface area contributed by atoms with Gasteiger partial charge in [0.1, 0.15) is 0 Å². The number of halogens is 3. The molecule has 0 spiro atoms. The molecule has 1 aliphatic heterocycles. The van der Waals surface area contributed by atoms with Crippen LogP contribution in [0, 0.1) is 0 Å². The Balaban J connectivity index is 1.83. The van der Waals surface area contributed by atoms with Gasteiger partial charge >= 0.3 is 18.2 Å². The summed E-state index contributed by atoms with van der Waals surface area (Å²) in [6.45, 7) is 7.68. The van der Waals surface area contributed by atoms with Crippen LogP contribution in [0.1, 0.15) is 68.1 Å². The minimum Gasteiger partial charge on any atom is -0.459 e. The average molecular weight is 518 g/mol. The predicted octanol–water partition coefficient (Wildman–Crippen LogP) is 6.05. The number of anilines is 1. The van der Waals surface area contributed by atoms with Crippen molar-refractivity contribution in [2.24, 2.45) is 0 Å². The molecule has 0 saturated heterocycles. The number of ether oxygens (including phenoxy) is 1. The number of urea groups is 1. The molecule has 0 radical (unpaired) electrons. The summed E-state index contributed by atoms with van der Waals surface area (Å²) in [6.07, 6.45) is -3.18. The number of rotatable bonds is 8. The fraction of sp³-hybridized carbons (Fsp3) is 0.370. The highest BCUT2D eigenvalue weighted by molar-refractivity contribution is 6.04. The van der Waals surface area contributed by atoms with Gasteiger partial charge in [-0.15, -0.1) is 0 Å². The van der Waals surface area contributed by atoms with Crippen LogP contribution in [0.2, 0.25) is 0 Å². The topological polar surface area (TPSA) is 87.7 Å². The summed E-state index contributed by atoms with van der Waals surface area (Å²) in [5.74, 6) is -1.10. The van der Waals surface area contributed by atoms with E-state index < -0.39 is 29.7 Å². The molecule has 3 rings (SSSR count). The monoisotopic (exact) mass is 517 g/mol. The third-order valence-corrected chi connectivity index (χ3v) is 5.87. The van der Waals surface area contributed by atoms with Gasteiger partial charge in [-0.25, -0.2) is 9.59 Å². The van der Waals surface area contributed by atoms with Crippen molar-refractivity contribution >= 4 is 23.6 Å². The fourth-order valence-electron chi connectivity index (χ4n) is 3.93. The number of amides is 3. The first-order valence-corrected chi connectivity index (χ1v) is 12.0. The second-order valence-corrected chi connectivity index (χ2v) is 8.99. The summed E-state index contributed by atoms with van der Waals surface area (Å²) in [4.78, 5) is 39.9. The standard InChI is InChI=1S/C27H30F3N3O4/c1-5-6-15-33-17(4)22(25(35)37-16(2)3)23(32-26(33)36)18-9-13-21(14-10-18)31-24(34)19-7-11-20(12-8-19)27(28,29)30/h7-14,16,23H,5-6,15H2,1-4H3,(H,31,34)(H,32,36)/t23-/m0/s1. The van der Waals surface area contributed by atoms with Crippen LogP contribution in [0.25, 0.3) is 0 Å². The Bertz CT molecular complexity index is 1170. The molecule has 2 N–H and O–H groups in total. The molecule has 1 aliphatic rings. The van der Waals surface area contributed by atoms with Crippen LogP contribution >= 0.6 is 0 Å². The third kappa shape index (κ3) is 6.69. The first-order chi connectivity index (χ1) is 17.4. The molecule has 1 heterocycles. The number of alkyl halides is 3. The van der Waals surface area contributed by atoms with Crippen LogP contribution in [-0.2, 0) is 15.7 Å². The summed E-state index contributed by atoms with van der Waals surface area (Å²) in [5, 5.41) is 5.51. The number of carbonyl (C=O) groups excluding carboxylic acids is 3. The number of hydrogen-bond donors (Lipinski definition) is 2. The first-order valence-electron chi connectivity index (χ1n) is 12.0. The fourth-order valence-corrected chi connectivity index (χ4v) is 3.93. The first kappa shape index (κ1) is 27.8. The maximum absolute atomic E-state index is 13.0. The molecule has 0 fully saturated rings. The lowest BCUT2D eigenvalue weighted by Crippen LogP contribution is -2.48. The van der Waals surface area contributed by atoms with Crippen LogP contribution in [0.5, 0.6) is 0 Å². The Labute approximate surface area is 213 Å². The lowest BCUT2D eigenvalue weighted by Gasteiger charge is -2.35. The van der Waals surface area contributed by atoms with Crippen molar-refractivity contribution in [1.82, 2.24) is 10.2 Å². The molecule has 0 aliphatic carbocycles. The third-order valence-electron chi connectivity index (χ3n) is 5.87. The Morgan fingerprint density at radius 3 is 2.24 bits per heavy atom. The van der Waals surface area contributed by atoms with E-state index in [1.165, 1.54) is 4.90 Å². The number of unbranched alkanes of at least 4 members (excludes halogenated alkanes) is 1. The molecule has 2 aromatic rings. The Hall–Kier alpha value is -3.82. The lowest BCUT2D eigenvalue weighted by molar-refractivity contribution is -0.143. The average Bonchev–Trinajstić information content (AvgIpc) is 2.83. The van der Waals surface area contributed by atoms with Gasteiger partial charge in [0.05, 0.1) is 23.3 Å². The van der Waals surface area contributed by atoms with Crippen molar-refractivity contribution in [1.29, 1.82) is 0 Å². The second kappa shape index (κ2) is 11.5. The molecule has 0 aromatic heterocycles. The molecule has 2 aromatic carbocycles. The molecule has 0 saturated carbocycles. The van der Waals surface area contributed by atoms with Gasteiger partial charge in [0.2, 0.25) is 0 Å². The van der Waals surface area contributed by atoms with Crippen molar-refractivity contribution < 1.29 is 32.3 Å². The SMILES string of the molecule is CCCCN1C(=O)N[C@@H](c2ccc(NC(=O)c3ccc(C(F)(F)F)cc3)cc2)C(C(=O)OC(C)C)=C1C. The summed E-state index contributed by atoms with van der Waals surface area (Å²) in [6, 6.07) is 9.33. The van der Waals surface area contributed by atoms with E-state index in [-0.39, 0.29) is 17.7 Å². The highest BCUT2D eigenvalue weighted by Crippen LogP contribution is 2.33. The Morgan fingerprint density at radius 1 is 1.08 bits per heavy atom. The van der Waals surface area contributed by atoms with Crippen molar-refractivity contribution in [2.75, 3.05) is 11.9 Å². The number of allylic oxidation sites excluding steroid dienone is 1. The summed E-state index contributed by atoms with van der Waals surface area (Å²) in [5.41, 5.74) is 1.07. The number of benzene rings is 2. The molecule has 0 unspecified atom stereocenters. The molecular weight excluding hydrogens is 487 g/mol. The zero-order chi connectivity index (χ0) is 27.3. The number of carbonyl (C=O) groups is 3. The van der Waals surface area contributed by atoms with E-state index >= 15 is 0 Å². The van der Waals surface area contributed by atoms with Gasteiger partial charge in [-0.05, 0) is 69.2 Å². The molecule has 3 amide bonds. The molecule has 0 bridgehead atoms. The van der Waals surface area contributed by atoms with E-state index in [0.29, 0.717) is 29.1 Å². The van der Waals surface area contributed by atoms with E-state index in [1.807, 2.05) is 6.92 Å². The van der Waals surface area contributed by atoms with Gasteiger partial charge in [0.15, 0.2) is 0 Å².